The van der Waals surface area contributed by atoms with Crippen molar-refractivity contribution in [3.63, 3.8) is 0 Å². The van der Waals surface area contributed by atoms with Crippen molar-refractivity contribution in [2.24, 2.45) is 0 Å². The number of nitrogens with one attached hydrogen (secondary N) is 1. The van der Waals surface area contributed by atoms with Crippen molar-refractivity contribution in [3.8, 4) is 11.3 Å². The molecule has 6 heterocycles. The molecule has 3 aromatic rings. The lowest BCUT2D eigenvalue weighted by Gasteiger charge is -2.47. The Morgan fingerprint density at radius 1 is 1.26 bits per heavy atom. The van der Waals surface area contributed by atoms with E-state index in [4.69, 9.17) is 9.47 Å². The molecule has 0 amide bonds. The van der Waals surface area contributed by atoms with E-state index in [0.29, 0.717) is 30.5 Å². The third-order valence-corrected chi connectivity index (χ3v) is 7.95. The summed E-state index contributed by atoms with van der Waals surface area (Å²) >= 11 is 0. The summed E-state index contributed by atoms with van der Waals surface area (Å²) in [5.41, 5.74) is 3.18. The summed E-state index contributed by atoms with van der Waals surface area (Å²) in [5.74, 6) is -0.315. The first-order chi connectivity index (χ1) is 18.3. The van der Waals surface area contributed by atoms with Gasteiger partial charge in [-0.05, 0) is 39.3 Å². The molecule has 2 aromatic heterocycles. The van der Waals surface area contributed by atoms with Crippen molar-refractivity contribution >= 4 is 16.9 Å². The Hall–Kier alpha value is -2.92. The summed E-state index contributed by atoms with van der Waals surface area (Å²) in [6.07, 6.45) is 2.72. The molecule has 2 unspecified atom stereocenters. The molecule has 7 rings (SSSR count). The summed E-state index contributed by atoms with van der Waals surface area (Å²) in [5, 5.41) is 13.9. The van der Waals surface area contributed by atoms with Crippen LogP contribution in [0.2, 0.25) is 0 Å². The Kier molecular flexibility index (Phi) is 6.67. The quantitative estimate of drug-likeness (QED) is 0.509. The maximum absolute atomic E-state index is 15.0. The van der Waals surface area contributed by atoms with E-state index in [1.807, 2.05) is 13.0 Å². The molecule has 1 aromatic carbocycles. The van der Waals surface area contributed by atoms with Crippen LogP contribution in [0.25, 0.3) is 22.2 Å². The molecule has 0 radical (unpaired) electrons. The highest BCUT2D eigenvalue weighted by atomic mass is 19.1. The maximum atomic E-state index is 15.0. The Labute approximate surface area is 220 Å². The molecule has 38 heavy (non-hydrogen) atoms. The third-order valence-electron chi connectivity index (χ3n) is 7.95. The zero-order valence-corrected chi connectivity index (χ0v) is 22.0. The molecule has 2 N–H and O–H groups in total. The molecule has 4 atom stereocenters. The van der Waals surface area contributed by atoms with Gasteiger partial charge in [-0.3, -0.25) is 9.69 Å². The molecule has 0 aliphatic carbocycles. The predicted octanol–water partition coefficient (Wildman–Crippen LogP) is 3.02. The maximum Gasteiger partial charge on any atom is 0.223 e. The topological polar surface area (TPSA) is 102 Å². The number of aliphatic hydroxyl groups is 1. The van der Waals surface area contributed by atoms with Crippen molar-refractivity contribution in [3.05, 3.63) is 51.7 Å². The minimum atomic E-state index is -0.693. The van der Waals surface area contributed by atoms with E-state index in [1.54, 1.807) is 12.1 Å². The van der Waals surface area contributed by atoms with Gasteiger partial charge in [0.1, 0.15) is 5.69 Å². The first-order valence-corrected chi connectivity index (χ1v) is 13.4. The first kappa shape index (κ1) is 25.4. The average molecular weight is 524 g/mol. The number of benzene rings is 1. The van der Waals surface area contributed by atoms with Gasteiger partial charge in [-0.2, -0.15) is 0 Å². The number of hydrogen-bond acceptors (Lipinski definition) is 8. The summed E-state index contributed by atoms with van der Waals surface area (Å²) in [6.45, 7) is 9.25. The summed E-state index contributed by atoms with van der Waals surface area (Å²) in [6, 6.07) is 5.17. The first-order valence-electron chi connectivity index (χ1n) is 13.4. The Bertz CT molecular complexity index is 1410. The Morgan fingerprint density at radius 2 is 2.03 bits per heavy atom. The molecule has 4 saturated heterocycles. The van der Waals surface area contributed by atoms with E-state index in [0.717, 1.165) is 42.5 Å². The second-order valence-electron chi connectivity index (χ2n) is 11.0. The highest BCUT2D eigenvalue weighted by molar-refractivity contribution is 5.85. The van der Waals surface area contributed by atoms with Crippen molar-refractivity contribution in [1.29, 1.82) is 0 Å². The minimum Gasteiger partial charge on any atom is -0.389 e. The molecule has 10 heteroatoms. The number of nitrogens with zero attached hydrogens (tertiary/aromatic N) is 4. The fourth-order valence-corrected chi connectivity index (χ4v) is 5.99. The van der Waals surface area contributed by atoms with Crippen LogP contribution in [-0.2, 0) is 16.0 Å². The van der Waals surface area contributed by atoms with E-state index in [1.165, 1.54) is 0 Å². The number of aromatic nitrogens is 3. The number of hydrogen-bond donors (Lipinski definition) is 2. The van der Waals surface area contributed by atoms with Gasteiger partial charge < -0.3 is 24.5 Å². The van der Waals surface area contributed by atoms with Crippen molar-refractivity contribution in [1.82, 2.24) is 19.4 Å². The Morgan fingerprint density at radius 3 is 2.74 bits per heavy atom. The SMILES string of the molecule is Cc1c(CN2CC3CC(C2)O3)n(C(C)C)c2cc(-c3nc(N[C@@H]4CCOC[C@H]4O)ncc3F)ccc2c1=O. The van der Waals surface area contributed by atoms with Gasteiger partial charge in [0.25, 0.3) is 0 Å². The normalized spacial score (nSPS) is 25.5. The lowest BCUT2D eigenvalue weighted by Crippen LogP contribution is -2.57. The van der Waals surface area contributed by atoms with Gasteiger partial charge in [-0.15, -0.1) is 0 Å². The van der Waals surface area contributed by atoms with Gasteiger partial charge in [0.05, 0.1) is 42.7 Å². The molecule has 2 bridgehead atoms. The van der Waals surface area contributed by atoms with E-state index in [9.17, 15) is 9.90 Å². The summed E-state index contributed by atoms with van der Waals surface area (Å²) in [7, 11) is 0. The molecule has 0 spiro atoms. The van der Waals surface area contributed by atoms with Crippen LogP contribution in [0.5, 0.6) is 0 Å². The van der Waals surface area contributed by atoms with Crippen LogP contribution in [0.15, 0.2) is 29.2 Å². The Balaban J connectivity index is 1.40. The van der Waals surface area contributed by atoms with E-state index in [2.05, 4.69) is 38.6 Å². The van der Waals surface area contributed by atoms with E-state index >= 15 is 4.39 Å². The number of rotatable bonds is 6. The number of anilines is 1. The zero-order valence-electron chi connectivity index (χ0n) is 22.0. The fourth-order valence-electron chi connectivity index (χ4n) is 5.99. The number of pyridine rings is 1. The molecule has 0 saturated carbocycles. The van der Waals surface area contributed by atoms with Crippen LogP contribution in [0.4, 0.5) is 10.3 Å². The van der Waals surface area contributed by atoms with E-state index in [-0.39, 0.29) is 48.0 Å². The van der Waals surface area contributed by atoms with Crippen LogP contribution >= 0.6 is 0 Å². The largest absolute Gasteiger partial charge is 0.389 e. The average Bonchev–Trinajstić information content (AvgIpc) is 2.89. The highest BCUT2D eigenvalue weighted by Gasteiger charge is 2.38. The van der Waals surface area contributed by atoms with Gasteiger partial charge in [-0.1, -0.05) is 6.07 Å². The standard InChI is InChI=1S/C28H34FN5O4/c1-15(2)34-23-8-17(26-21(29)10-30-28(32-26)31-22-6-7-37-14-25(22)35)4-5-20(23)27(36)16(3)24(34)13-33-11-18-9-19(12-33)38-18/h4-5,8,10,15,18-19,22,25,35H,6-7,9,11-14H2,1-3H3,(H,30,31,32)/t18?,19?,22-,25-/m1/s1. The van der Waals surface area contributed by atoms with Crippen LogP contribution in [-0.4, -0.2) is 75.2 Å². The monoisotopic (exact) mass is 523 g/mol. The van der Waals surface area contributed by atoms with Gasteiger partial charge in [0.2, 0.25) is 5.95 Å². The number of piperidine rings is 1. The smallest absolute Gasteiger partial charge is 0.223 e. The van der Waals surface area contributed by atoms with Crippen molar-refractivity contribution in [2.45, 2.75) is 70.6 Å². The number of fused-ring (bicyclic) bond motifs is 3. The van der Waals surface area contributed by atoms with Gasteiger partial charge in [-0.25, -0.2) is 14.4 Å². The lowest BCUT2D eigenvalue weighted by molar-refractivity contribution is -0.182. The number of ether oxygens (including phenoxy) is 2. The van der Waals surface area contributed by atoms with Gasteiger partial charge in [0, 0.05) is 60.9 Å². The van der Waals surface area contributed by atoms with Crippen LogP contribution in [0.3, 0.4) is 0 Å². The molecule has 4 fully saturated rings. The second-order valence-corrected chi connectivity index (χ2v) is 11.0. The van der Waals surface area contributed by atoms with Crippen molar-refractivity contribution < 1.29 is 19.0 Å². The number of halogens is 1. The van der Waals surface area contributed by atoms with Crippen molar-refractivity contribution in [2.75, 3.05) is 31.6 Å². The molecule has 4 aliphatic rings. The third kappa shape index (κ3) is 4.59. The van der Waals surface area contributed by atoms with Crippen LogP contribution in [0, 0.1) is 12.7 Å². The molecule has 9 nitrogen and oxygen atoms in total. The minimum absolute atomic E-state index is 0.00381. The van der Waals surface area contributed by atoms with Gasteiger partial charge in [0.15, 0.2) is 11.2 Å². The highest BCUT2D eigenvalue weighted by Crippen LogP contribution is 2.32. The molecular formula is C28H34FN5O4. The predicted molar refractivity (Wildman–Crippen MR) is 142 cm³/mol. The zero-order chi connectivity index (χ0) is 26.6. The second kappa shape index (κ2) is 10.00. The van der Waals surface area contributed by atoms with E-state index < -0.39 is 11.9 Å². The van der Waals surface area contributed by atoms with Crippen LogP contribution < -0.4 is 10.7 Å². The van der Waals surface area contributed by atoms with Gasteiger partial charge >= 0.3 is 0 Å². The van der Waals surface area contributed by atoms with Crippen LogP contribution in [0.1, 0.15) is 44.0 Å². The number of aliphatic hydroxyl groups excluding tert-OH is 1. The molecule has 4 aliphatic heterocycles. The molecular weight excluding hydrogens is 489 g/mol. The number of morpholine rings is 1. The summed E-state index contributed by atoms with van der Waals surface area (Å²) in [4.78, 5) is 24.4. The lowest BCUT2D eigenvalue weighted by atomic mass is 9.97. The summed E-state index contributed by atoms with van der Waals surface area (Å²) < 4.78 is 28.3. The fraction of sp³-hybridized carbons (Fsp3) is 0.536. The molecule has 202 valence electrons.